The molecule has 0 radical (unpaired) electrons. The number of ether oxygens (including phenoxy) is 2. The second kappa shape index (κ2) is 8.99. The van der Waals surface area contributed by atoms with Crippen LogP contribution in [-0.2, 0) is 20.8 Å². The number of piperidine rings is 1. The zero-order chi connectivity index (χ0) is 19.3. The van der Waals surface area contributed by atoms with E-state index in [0.29, 0.717) is 38.6 Å². The van der Waals surface area contributed by atoms with E-state index in [4.69, 9.17) is 18.9 Å². The first-order valence-electron chi connectivity index (χ1n) is 9.46. The van der Waals surface area contributed by atoms with E-state index >= 15 is 0 Å². The molecule has 1 atom stereocenters. The third-order valence-electron chi connectivity index (χ3n) is 5.15. The van der Waals surface area contributed by atoms with E-state index in [-0.39, 0.29) is 5.97 Å². The number of hydrogen-bond acceptors (Lipinski definition) is 7. The second-order valence-corrected chi connectivity index (χ2v) is 8.00. The number of oxazole rings is 1. The Morgan fingerprint density at radius 1 is 1.48 bits per heavy atom. The van der Waals surface area contributed by atoms with E-state index in [2.05, 4.69) is 4.90 Å². The van der Waals surface area contributed by atoms with Gasteiger partial charge in [-0.2, -0.15) is 0 Å². The third kappa shape index (κ3) is 4.59. The zero-order valence-electron chi connectivity index (χ0n) is 16.3. The lowest BCUT2D eigenvalue weighted by molar-refractivity contribution is -0.160. The maximum Gasteiger partial charge on any atom is 0.313 e. The highest BCUT2D eigenvalue weighted by Crippen LogP contribution is 2.36. The summed E-state index contributed by atoms with van der Waals surface area (Å²) in [5.41, 5.74) is 0.434. The topological polar surface area (TPSA) is 64.8 Å². The molecule has 1 aliphatic heterocycles. The van der Waals surface area contributed by atoms with Crippen LogP contribution in [0, 0.1) is 12.3 Å². The molecule has 148 valence electrons. The molecule has 0 saturated carbocycles. The number of carbonyl (C=O) groups is 1. The SMILES string of the molecule is CCOC(=O)[C@@]1(CCOC)CCCN(Cc2nc(-c3cccs3)oc2C)C1. The Labute approximate surface area is 164 Å². The molecule has 27 heavy (non-hydrogen) atoms. The predicted molar refractivity (Wildman–Crippen MR) is 105 cm³/mol. The summed E-state index contributed by atoms with van der Waals surface area (Å²) >= 11 is 1.62. The average molecular weight is 393 g/mol. The van der Waals surface area contributed by atoms with Crippen molar-refractivity contribution in [1.82, 2.24) is 9.88 Å². The Morgan fingerprint density at radius 3 is 3.04 bits per heavy atom. The number of methoxy groups -OCH3 is 1. The van der Waals surface area contributed by atoms with Crippen molar-refractivity contribution in [3.05, 3.63) is 29.0 Å². The largest absolute Gasteiger partial charge is 0.466 e. The number of aromatic nitrogens is 1. The molecule has 0 amide bonds. The number of carbonyl (C=O) groups excluding carboxylic acids is 1. The van der Waals surface area contributed by atoms with E-state index in [0.717, 1.165) is 35.7 Å². The normalized spacial score (nSPS) is 20.7. The molecule has 0 spiro atoms. The minimum atomic E-state index is -0.501. The molecular weight excluding hydrogens is 364 g/mol. The minimum Gasteiger partial charge on any atom is -0.466 e. The summed E-state index contributed by atoms with van der Waals surface area (Å²) in [6.07, 6.45) is 2.47. The van der Waals surface area contributed by atoms with Gasteiger partial charge in [0, 0.05) is 26.8 Å². The van der Waals surface area contributed by atoms with Crippen molar-refractivity contribution in [2.24, 2.45) is 5.41 Å². The van der Waals surface area contributed by atoms with E-state index < -0.39 is 5.41 Å². The number of aryl methyl sites for hydroxylation is 1. The Hall–Kier alpha value is -1.70. The zero-order valence-corrected chi connectivity index (χ0v) is 17.1. The molecule has 1 aliphatic rings. The maximum absolute atomic E-state index is 12.7. The Kier molecular flexibility index (Phi) is 6.68. The third-order valence-corrected chi connectivity index (χ3v) is 6.00. The van der Waals surface area contributed by atoms with Gasteiger partial charge in [0.15, 0.2) is 0 Å². The van der Waals surface area contributed by atoms with Crippen molar-refractivity contribution in [3.8, 4) is 10.8 Å². The summed E-state index contributed by atoms with van der Waals surface area (Å²) in [4.78, 5) is 20.7. The van der Waals surface area contributed by atoms with E-state index in [1.807, 2.05) is 31.4 Å². The number of rotatable bonds is 8. The average Bonchev–Trinajstić information content (AvgIpc) is 3.31. The van der Waals surface area contributed by atoms with Gasteiger partial charge in [-0.3, -0.25) is 9.69 Å². The number of hydrogen-bond donors (Lipinski definition) is 0. The van der Waals surface area contributed by atoms with Gasteiger partial charge in [-0.1, -0.05) is 6.07 Å². The number of likely N-dealkylation sites (tertiary alicyclic amines) is 1. The molecule has 7 heteroatoms. The van der Waals surface area contributed by atoms with Crippen molar-refractivity contribution >= 4 is 17.3 Å². The van der Waals surface area contributed by atoms with Gasteiger partial charge in [-0.25, -0.2) is 4.98 Å². The molecule has 2 aromatic heterocycles. The summed E-state index contributed by atoms with van der Waals surface area (Å²) in [5.74, 6) is 1.40. The summed E-state index contributed by atoms with van der Waals surface area (Å²) in [7, 11) is 1.67. The molecule has 2 aromatic rings. The summed E-state index contributed by atoms with van der Waals surface area (Å²) in [5, 5.41) is 2.02. The van der Waals surface area contributed by atoms with E-state index in [9.17, 15) is 4.79 Å². The van der Waals surface area contributed by atoms with Crippen molar-refractivity contribution in [1.29, 1.82) is 0 Å². The van der Waals surface area contributed by atoms with Crippen LogP contribution in [0.25, 0.3) is 10.8 Å². The molecular formula is C20H28N2O4S. The number of nitrogens with zero attached hydrogens (tertiary/aromatic N) is 2. The number of esters is 1. The predicted octanol–water partition coefficient (Wildman–Crippen LogP) is 3.89. The molecule has 3 rings (SSSR count). The van der Waals surface area contributed by atoms with Crippen LogP contribution in [-0.4, -0.2) is 49.3 Å². The lowest BCUT2D eigenvalue weighted by Crippen LogP contribution is -2.48. The van der Waals surface area contributed by atoms with Crippen LogP contribution >= 0.6 is 11.3 Å². The molecule has 1 fully saturated rings. The second-order valence-electron chi connectivity index (χ2n) is 7.06. The smallest absolute Gasteiger partial charge is 0.313 e. The highest BCUT2D eigenvalue weighted by atomic mass is 32.1. The Balaban J connectivity index is 1.74. The van der Waals surface area contributed by atoms with Gasteiger partial charge < -0.3 is 13.9 Å². The van der Waals surface area contributed by atoms with E-state index in [1.54, 1.807) is 18.4 Å². The van der Waals surface area contributed by atoms with Crippen molar-refractivity contribution < 1.29 is 18.7 Å². The fraction of sp³-hybridized carbons (Fsp3) is 0.600. The van der Waals surface area contributed by atoms with Crippen LogP contribution in [0.15, 0.2) is 21.9 Å². The molecule has 0 aliphatic carbocycles. The van der Waals surface area contributed by atoms with Crippen molar-refractivity contribution in [2.45, 2.75) is 39.7 Å². The van der Waals surface area contributed by atoms with Gasteiger partial charge >= 0.3 is 5.97 Å². The lowest BCUT2D eigenvalue weighted by Gasteiger charge is -2.40. The Bertz CT molecular complexity index is 743. The van der Waals surface area contributed by atoms with Crippen molar-refractivity contribution in [2.75, 3.05) is 33.4 Å². The van der Waals surface area contributed by atoms with Crippen LogP contribution in [0.4, 0.5) is 0 Å². The van der Waals surface area contributed by atoms with Crippen LogP contribution in [0.5, 0.6) is 0 Å². The standard InChI is InChI=1S/C20H28N2O4S/c1-4-25-19(23)20(9-11-24-3)8-6-10-22(14-20)13-16-15(2)26-18(21-16)17-7-5-12-27-17/h5,7,12H,4,6,8-11,13-14H2,1-3H3/t20-/m1/s1. The van der Waals surface area contributed by atoms with Gasteiger partial charge in [-0.05, 0) is 51.1 Å². The monoisotopic (exact) mass is 392 g/mol. The quantitative estimate of drug-likeness (QED) is 0.635. The summed E-state index contributed by atoms with van der Waals surface area (Å²) in [6, 6.07) is 4.00. The first kappa shape index (κ1) is 20.0. The van der Waals surface area contributed by atoms with Gasteiger partial charge in [-0.15, -0.1) is 11.3 Å². The fourth-order valence-electron chi connectivity index (χ4n) is 3.71. The summed E-state index contributed by atoms with van der Waals surface area (Å²) in [6.45, 7) is 7.04. The molecule has 0 N–H and O–H groups in total. The molecule has 0 unspecified atom stereocenters. The lowest BCUT2D eigenvalue weighted by atomic mass is 9.77. The highest BCUT2D eigenvalue weighted by Gasteiger charge is 2.43. The van der Waals surface area contributed by atoms with Gasteiger partial charge in [0.1, 0.15) is 5.76 Å². The van der Waals surface area contributed by atoms with Crippen LogP contribution in [0.3, 0.4) is 0 Å². The molecule has 0 aromatic carbocycles. The summed E-state index contributed by atoms with van der Waals surface area (Å²) < 4.78 is 16.5. The van der Waals surface area contributed by atoms with Crippen LogP contribution in [0.1, 0.15) is 37.6 Å². The fourth-order valence-corrected chi connectivity index (χ4v) is 4.36. The maximum atomic E-state index is 12.7. The molecule has 0 bridgehead atoms. The van der Waals surface area contributed by atoms with E-state index in [1.165, 1.54) is 0 Å². The van der Waals surface area contributed by atoms with Crippen LogP contribution in [0.2, 0.25) is 0 Å². The van der Waals surface area contributed by atoms with Gasteiger partial charge in [0.2, 0.25) is 5.89 Å². The van der Waals surface area contributed by atoms with Gasteiger partial charge in [0.05, 0.1) is 22.6 Å². The van der Waals surface area contributed by atoms with Crippen LogP contribution < -0.4 is 0 Å². The minimum absolute atomic E-state index is 0.108. The first-order valence-corrected chi connectivity index (χ1v) is 10.3. The highest BCUT2D eigenvalue weighted by molar-refractivity contribution is 7.13. The molecule has 6 nitrogen and oxygen atoms in total. The molecule has 1 saturated heterocycles. The van der Waals surface area contributed by atoms with Gasteiger partial charge in [0.25, 0.3) is 0 Å². The molecule has 3 heterocycles. The first-order chi connectivity index (χ1) is 13.1. The van der Waals surface area contributed by atoms with Crippen molar-refractivity contribution in [3.63, 3.8) is 0 Å². The Morgan fingerprint density at radius 2 is 2.33 bits per heavy atom. The number of thiophene rings is 1.